The third-order valence-corrected chi connectivity index (χ3v) is 5.65. The van der Waals surface area contributed by atoms with Crippen molar-refractivity contribution in [3.63, 3.8) is 0 Å². The fourth-order valence-corrected chi connectivity index (χ4v) is 3.90. The fraction of sp³-hybridized carbons (Fsp3) is 0.500. The molecular weight excluding hydrogens is 364 g/mol. The van der Waals surface area contributed by atoms with Gasteiger partial charge in [-0.2, -0.15) is 4.68 Å². The molecule has 0 saturated heterocycles. The molecule has 1 aromatic heterocycles. The van der Waals surface area contributed by atoms with Crippen molar-refractivity contribution >= 4 is 23.7 Å². The minimum Gasteiger partial charge on any atom is -0.335 e. The summed E-state index contributed by atoms with van der Waals surface area (Å²) in [7, 11) is 0. The van der Waals surface area contributed by atoms with Gasteiger partial charge in [0.15, 0.2) is 0 Å². The van der Waals surface area contributed by atoms with E-state index in [1.165, 1.54) is 18.2 Å². The summed E-state index contributed by atoms with van der Waals surface area (Å²) in [4.78, 5) is 24.4. The number of nitrogens with one attached hydrogen (secondary N) is 2. The Hall–Kier alpha value is -2.42. The SMILES string of the molecule is Cc1ccccc1-n1nnnc1SC(C)C(=O)NC(=O)NC1CCCCC1. The van der Waals surface area contributed by atoms with Gasteiger partial charge in [0.1, 0.15) is 0 Å². The number of hydrogen-bond acceptors (Lipinski definition) is 6. The second kappa shape index (κ2) is 8.98. The fourth-order valence-electron chi connectivity index (χ4n) is 3.10. The van der Waals surface area contributed by atoms with Gasteiger partial charge in [-0.15, -0.1) is 5.10 Å². The Labute approximate surface area is 162 Å². The summed E-state index contributed by atoms with van der Waals surface area (Å²) in [6.45, 7) is 3.70. The van der Waals surface area contributed by atoms with E-state index < -0.39 is 11.3 Å². The first kappa shape index (κ1) is 19.3. The molecule has 27 heavy (non-hydrogen) atoms. The number of carbonyl (C=O) groups excluding carboxylic acids is 2. The van der Waals surface area contributed by atoms with Crippen LogP contribution in [0.15, 0.2) is 29.4 Å². The summed E-state index contributed by atoms with van der Waals surface area (Å²) < 4.78 is 1.60. The summed E-state index contributed by atoms with van der Waals surface area (Å²) in [6.07, 6.45) is 5.38. The van der Waals surface area contributed by atoms with E-state index in [0.717, 1.165) is 36.9 Å². The topological polar surface area (TPSA) is 102 Å². The molecule has 1 heterocycles. The van der Waals surface area contributed by atoms with Gasteiger partial charge in [0.25, 0.3) is 0 Å². The Morgan fingerprint density at radius 1 is 1.22 bits per heavy atom. The zero-order valence-electron chi connectivity index (χ0n) is 15.5. The summed E-state index contributed by atoms with van der Waals surface area (Å²) in [5, 5.41) is 17.0. The number of aryl methyl sites for hydroxylation is 1. The number of tetrazole rings is 1. The molecule has 0 bridgehead atoms. The number of amides is 3. The van der Waals surface area contributed by atoms with Crippen LogP contribution in [0.1, 0.15) is 44.6 Å². The van der Waals surface area contributed by atoms with E-state index in [-0.39, 0.29) is 11.9 Å². The number of urea groups is 1. The minimum absolute atomic E-state index is 0.155. The van der Waals surface area contributed by atoms with Crippen LogP contribution < -0.4 is 10.6 Å². The number of imide groups is 1. The highest BCUT2D eigenvalue weighted by atomic mass is 32.2. The zero-order chi connectivity index (χ0) is 19.2. The molecule has 144 valence electrons. The van der Waals surface area contributed by atoms with Crippen LogP contribution in [0.2, 0.25) is 0 Å². The van der Waals surface area contributed by atoms with Crippen LogP contribution in [0.4, 0.5) is 4.79 Å². The average molecular weight is 388 g/mol. The lowest BCUT2D eigenvalue weighted by Gasteiger charge is -2.23. The van der Waals surface area contributed by atoms with Crippen LogP contribution in [0.25, 0.3) is 5.69 Å². The molecule has 1 aliphatic carbocycles. The predicted octanol–water partition coefficient (Wildman–Crippen LogP) is 2.61. The van der Waals surface area contributed by atoms with Gasteiger partial charge in [0.2, 0.25) is 11.1 Å². The molecule has 0 aliphatic heterocycles. The van der Waals surface area contributed by atoms with Crippen LogP contribution in [-0.2, 0) is 4.79 Å². The Kier molecular flexibility index (Phi) is 6.44. The van der Waals surface area contributed by atoms with Crippen molar-refractivity contribution in [2.45, 2.75) is 62.4 Å². The molecule has 0 radical (unpaired) electrons. The molecule has 2 N–H and O–H groups in total. The summed E-state index contributed by atoms with van der Waals surface area (Å²) in [5.74, 6) is -0.368. The third kappa shape index (κ3) is 5.06. The molecule has 1 atom stereocenters. The number of aromatic nitrogens is 4. The number of carbonyl (C=O) groups is 2. The molecule has 1 saturated carbocycles. The summed E-state index contributed by atoms with van der Waals surface area (Å²) in [5.41, 5.74) is 1.88. The Morgan fingerprint density at radius 2 is 1.96 bits per heavy atom. The molecule has 1 unspecified atom stereocenters. The first-order valence-corrected chi connectivity index (χ1v) is 10.0. The van der Waals surface area contributed by atoms with Gasteiger partial charge in [0, 0.05) is 6.04 Å². The van der Waals surface area contributed by atoms with E-state index in [2.05, 4.69) is 26.2 Å². The van der Waals surface area contributed by atoms with Crippen molar-refractivity contribution < 1.29 is 9.59 Å². The van der Waals surface area contributed by atoms with Crippen molar-refractivity contribution in [3.8, 4) is 5.69 Å². The molecule has 1 aliphatic rings. The maximum atomic E-state index is 12.4. The highest BCUT2D eigenvalue weighted by Crippen LogP contribution is 2.24. The van der Waals surface area contributed by atoms with Crippen molar-refractivity contribution in [1.29, 1.82) is 0 Å². The Morgan fingerprint density at radius 3 is 2.70 bits per heavy atom. The lowest BCUT2D eigenvalue weighted by Crippen LogP contribution is -2.47. The number of benzene rings is 1. The van der Waals surface area contributed by atoms with Crippen molar-refractivity contribution in [1.82, 2.24) is 30.8 Å². The third-order valence-electron chi connectivity index (χ3n) is 4.61. The van der Waals surface area contributed by atoms with Gasteiger partial charge >= 0.3 is 6.03 Å². The smallest absolute Gasteiger partial charge is 0.321 e. The van der Waals surface area contributed by atoms with Gasteiger partial charge in [-0.05, 0) is 48.7 Å². The first-order chi connectivity index (χ1) is 13.0. The summed E-state index contributed by atoms with van der Waals surface area (Å²) in [6, 6.07) is 7.46. The molecule has 1 aromatic carbocycles. The molecule has 0 spiro atoms. The molecular formula is C18H24N6O2S. The van der Waals surface area contributed by atoms with Crippen LogP contribution in [-0.4, -0.2) is 43.4 Å². The van der Waals surface area contributed by atoms with Gasteiger partial charge in [-0.3, -0.25) is 10.1 Å². The molecule has 3 rings (SSSR count). The van der Waals surface area contributed by atoms with E-state index >= 15 is 0 Å². The quantitative estimate of drug-likeness (QED) is 0.764. The van der Waals surface area contributed by atoms with Gasteiger partial charge in [-0.1, -0.05) is 49.2 Å². The van der Waals surface area contributed by atoms with E-state index in [9.17, 15) is 9.59 Å². The van der Waals surface area contributed by atoms with Crippen LogP contribution in [0.5, 0.6) is 0 Å². The van der Waals surface area contributed by atoms with Crippen molar-refractivity contribution in [2.75, 3.05) is 0 Å². The predicted molar refractivity (Wildman–Crippen MR) is 103 cm³/mol. The van der Waals surface area contributed by atoms with Crippen molar-refractivity contribution in [3.05, 3.63) is 29.8 Å². The van der Waals surface area contributed by atoms with Crippen LogP contribution >= 0.6 is 11.8 Å². The van der Waals surface area contributed by atoms with E-state index in [1.54, 1.807) is 11.6 Å². The normalized spacial score (nSPS) is 15.9. The standard InChI is InChI=1S/C18H24N6O2S/c1-12-8-6-7-11-15(12)24-18(21-22-23-24)27-13(2)16(25)20-17(26)19-14-9-4-3-5-10-14/h6-8,11,13-14H,3-5,9-10H2,1-2H3,(H2,19,20,25,26). The van der Waals surface area contributed by atoms with Gasteiger partial charge in [-0.25, -0.2) is 4.79 Å². The molecule has 8 nitrogen and oxygen atoms in total. The minimum atomic E-state index is -0.518. The molecule has 3 amide bonds. The van der Waals surface area contributed by atoms with E-state index in [1.807, 2.05) is 31.2 Å². The molecule has 9 heteroatoms. The van der Waals surface area contributed by atoms with Gasteiger partial charge < -0.3 is 5.32 Å². The monoisotopic (exact) mass is 388 g/mol. The summed E-state index contributed by atoms with van der Waals surface area (Å²) >= 11 is 1.21. The number of para-hydroxylation sites is 1. The maximum Gasteiger partial charge on any atom is 0.321 e. The number of rotatable bonds is 5. The number of nitrogens with zero attached hydrogens (tertiary/aromatic N) is 4. The first-order valence-electron chi connectivity index (χ1n) is 9.17. The lowest BCUT2D eigenvalue weighted by atomic mass is 9.96. The van der Waals surface area contributed by atoms with Crippen LogP contribution in [0, 0.1) is 6.92 Å². The largest absolute Gasteiger partial charge is 0.335 e. The highest BCUT2D eigenvalue weighted by Gasteiger charge is 2.23. The molecule has 2 aromatic rings. The average Bonchev–Trinajstić information content (AvgIpc) is 3.10. The van der Waals surface area contributed by atoms with Crippen molar-refractivity contribution in [2.24, 2.45) is 0 Å². The second-order valence-corrected chi connectivity index (χ2v) is 8.03. The zero-order valence-corrected chi connectivity index (χ0v) is 16.3. The molecule has 1 fully saturated rings. The Balaban J connectivity index is 1.58. The van der Waals surface area contributed by atoms with Gasteiger partial charge in [0.05, 0.1) is 10.9 Å². The lowest BCUT2D eigenvalue weighted by molar-refractivity contribution is -0.119. The Bertz CT molecular complexity index is 803. The number of hydrogen-bond donors (Lipinski definition) is 2. The maximum absolute atomic E-state index is 12.4. The second-order valence-electron chi connectivity index (χ2n) is 6.72. The van der Waals surface area contributed by atoms with E-state index in [0.29, 0.717) is 5.16 Å². The highest BCUT2D eigenvalue weighted by molar-refractivity contribution is 8.00. The van der Waals surface area contributed by atoms with E-state index in [4.69, 9.17) is 0 Å². The van der Waals surface area contributed by atoms with Crippen LogP contribution in [0.3, 0.4) is 0 Å². The number of thioether (sulfide) groups is 1.